The Balaban J connectivity index is 1.38. The van der Waals surface area contributed by atoms with Crippen molar-refractivity contribution in [2.75, 3.05) is 26.0 Å². The Kier molecular flexibility index (Phi) is 11.5. The number of amides is 4. The Bertz CT molecular complexity index is 1070. The summed E-state index contributed by atoms with van der Waals surface area (Å²) in [7, 11) is 1.27. The lowest BCUT2D eigenvalue weighted by Crippen LogP contribution is -2.64. The van der Waals surface area contributed by atoms with Crippen molar-refractivity contribution in [3.05, 3.63) is 0 Å². The van der Waals surface area contributed by atoms with E-state index in [-0.39, 0.29) is 36.2 Å². The molecule has 0 aromatic carbocycles. The van der Waals surface area contributed by atoms with E-state index in [0.717, 1.165) is 25.7 Å². The minimum atomic E-state index is -1.00. The molecule has 0 aromatic rings. The third kappa shape index (κ3) is 8.01. The number of nitrogens with one attached hydrogen (secondary N) is 3. The molecule has 1 spiro atoms. The third-order valence-corrected chi connectivity index (χ3v) is 11.7. The van der Waals surface area contributed by atoms with Crippen LogP contribution in [0.15, 0.2) is 0 Å². The van der Waals surface area contributed by atoms with E-state index in [4.69, 9.17) is 9.47 Å². The van der Waals surface area contributed by atoms with Gasteiger partial charge in [0.15, 0.2) is 0 Å². The number of methoxy groups -OCH3 is 1. The van der Waals surface area contributed by atoms with Gasteiger partial charge in [-0.3, -0.25) is 14.4 Å². The number of piperidine rings is 1. The number of likely N-dealkylation sites (tertiary alicyclic amines) is 1. The van der Waals surface area contributed by atoms with Crippen molar-refractivity contribution in [3.63, 3.8) is 0 Å². The Morgan fingerprint density at radius 3 is 2.34 bits per heavy atom. The van der Waals surface area contributed by atoms with E-state index >= 15 is 0 Å². The number of hydrogen-bond acceptors (Lipinski definition) is 8. The molecule has 4 amide bonds. The van der Waals surface area contributed by atoms with E-state index in [1.54, 1.807) is 11.8 Å². The average molecular weight is 637 g/mol. The maximum Gasteiger partial charge on any atom is 0.408 e. The molecule has 3 saturated heterocycles. The van der Waals surface area contributed by atoms with Crippen LogP contribution in [0.1, 0.15) is 98.3 Å². The topological polar surface area (TPSA) is 143 Å². The summed E-state index contributed by atoms with van der Waals surface area (Å²) in [5.41, 5.74) is -1.33. The molecule has 3 heterocycles. The average Bonchev–Trinajstić information content (AvgIpc) is 3.27. The van der Waals surface area contributed by atoms with Crippen molar-refractivity contribution in [2.24, 2.45) is 23.2 Å². The van der Waals surface area contributed by atoms with Crippen molar-refractivity contribution in [1.29, 1.82) is 0 Å². The van der Waals surface area contributed by atoms with E-state index in [1.807, 2.05) is 13.8 Å². The fraction of sp³-hybridized carbons (Fsp3) is 0.844. The molecule has 248 valence electrons. The van der Waals surface area contributed by atoms with Gasteiger partial charge in [-0.15, -0.1) is 11.8 Å². The molecular weight excluding hydrogens is 584 g/mol. The highest BCUT2D eigenvalue weighted by atomic mass is 32.2. The number of esters is 1. The van der Waals surface area contributed by atoms with E-state index in [9.17, 15) is 24.0 Å². The predicted octanol–water partition coefficient (Wildman–Crippen LogP) is 3.74. The fourth-order valence-electron chi connectivity index (χ4n) is 7.65. The molecule has 3 aliphatic heterocycles. The van der Waals surface area contributed by atoms with Gasteiger partial charge in [0.2, 0.25) is 17.7 Å². The van der Waals surface area contributed by atoms with Gasteiger partial charge < -0.3 is 30.3 Å². The van der Waals surface area contributed by atoms with E-state index in [0.29, 0.717) is 50.4 Å². The third-order valence-electron chi connectivity index (χ3n) is 10.1. The summed E-state index contributed by atoms with van der Waals surface area (Å²) in [4.78, 5) is 66.5. The van der Waals surface area contributed by atoms with Crippen LogP contribution in [-0.4, -0.2) is 83.7 Å². The van der Waals surface area contributed by atoms with Crippen molar-refractivity contribution >= 4 is 41.5 Å². The highest BCUT2D eigenvalue weighted by molar-refractivity contribution is 8.01. The van der Waals surface area contributed by atoms with Gasteiger partial charge in [0, 0.05) is 37.2 Å². The first kappa shape index (κ1) is 34.4. The van der Waals surface area contributed by atoms with Crippen molar-refractivity contribution < 1.29 is 33.4 Å². The number of rotatable bonds is 11. The van der Waals surface area contributed by atoms with Gasteiger partial charge in [-0.25, -0.2) is 9.59 Å². The highest BCUT2D eigenvalue weighted by Gasteiger charge is 2.56. The van der Waals surface area contributed by atoms with Gasteiger partial charge in [-0.1, -0.05) is 33.6 Å². The Hall–Kier alpha value is -2.50. The van der Waals surface area contributed by atoms with Crippen molar-refractivity contribution in [3.8, 4) is 0 Å². The van der Waals surface area contributed by atoms with Crippen LogP contribution in [0.5, 0.6) is 0 Å². The quantitative estimate of drug-likeness (QED) is 0.291. The molecule has 12 heteroatoms. The number of alkyl carbamates (subject to hydrolysis) is 1. The second-order valence-corrected chi connectivity index (χ2v) is 15.0. The van der Waals surface area contributed by atoms with Crippen LogP contribution >= 0.6 is 11.8 Å². The van der Waals surface area contributed by atoms with Gasteiger partial charge in [0.05, 0.1) is 17.9 Å². The van der Waals surface area contributed by atoms with Gasteiger partial charge >= 0.3 is 12.1 Å². The van der Waals surface area contributed by atoms with Crippen molar-refractivity contribution in [2.45, 2.75) is 121 Å². The molecule has 4 fully saturated rings. The molecule has 44 heavy (non-hydrogen) atoms. The SMILES string of the molecule is CCCC1CCC(OC(=O)NC2SC[C@@]2(CC(C)C)C(=O)NC(CC2CC3(CCN(C(C)=O)CC3)NC2=O)C(=O)OC)CC1. The van der Waals surface area contributed by atoms with Crippen LogP contribution in [-0.2, 0) is 28.7 Å². The number of carbonyl (C=O) groups excluding carboxylic acids is 5. The summed E-state index contributed by atoms with van der Waals surface area (Å²) in [6, 6.07) is -1.00. The summed E-state index contributed by atoms with van der Waals surface area (Å²) in [6.07, 6.45) is 8.10. The first-order chi connectivity index (χ1) is 20.9. The highest BCUT2D eigenvalue weighted by Crippen LogP contribution is 2.49. The second kappa shape index (κ2) is 14.7. The molecule has 4 rings (SSSR count). The molecule has 0 bridgehead atoms. The first-order valence-corrected chi connectivity index (χ1v) is 17.5. The summed E-state index contributed by atoms with van der Waals surface area (Å²) < 4.78 is 10.8. The summed E-state index contributed by atoms with van der Waals surface area (Å²) in [6.45, 7) is 8.95. The van der Waals surface area contributed by atoms with Crippen LogP contribution in [0.25, 0.3) is 0 Å². The van der Waals surface area contributed by atoms with Gasteiger partial charge in [0.25, 0.3) is 0 Å². The molecule has 3 unspecified atom stereocenters. The zero-order valence-electron chi connectivity index (χ0n) is 27.1. The first-order valence-electron chi connectivity index (χ1n) is 16.5. The lowest BCUT2D eigenvalue weighted by molar-refractivity contribution is -0.147. The van der Waals surface area contributed by atoms with Gasteiger partial charge in [-0.2, -0.15) is 0 Å². The molecule has 11 nitrogen and oxygen atoms in total. The zero-order chi connectivity index (χ0) is 32.1. The largest absolute Gasteiger partial charge is 0.467 e. The van der Waals surface area contributed by atoms with Gasteiger partial charge in [0.1, 0.15) is 12.1 Å². The molecule has 0 radical (unpaired) electrons. The molecule has 1 aliphatic carbocycles. The minimum absolute atomic E-state index is 0.0225. The normalized spacial score (nSPS) is 30.2. The number of thioether (sulfide) groups is 1. The van der Waals surface area contributed by atoms with Gasteiger partial charge in [-0.05, 0) is 69.6 Å². The number of hydrogen-bond donors (Lipinski definition) is 3. The standard InChI is InChI=1S/C32H52N4O7S/c1-6-7-22-8-10-24(11-9-22)43-30(41)34-29-32(19-44-29,17-20(2)3)28(40)33-25(27(39)42-5)16-23-18-31(35-26(23)38)12-14-36(15-13-31)21(4)37/h20,22-25,29H,6-19H2,1-5H3,(H,33,40)(H,34,41)(H,35,38)/t22?,23?,24?,25?,29?,32-/m0/s1. The smallest absolute Gasteiger partial charge is 0.408 e. The number of nitrogens with zero attached hydrogens (tertiary/aromatic N) is 1. The summed E-state index contributed by atoms with van der Waals surface area (Å²) in [5, 5.41) is 8.53. The summed E-state index contributed by atoms with van der Waals surface area (Å²) in [5.74, 6) is -0.166. The fourth-order valence-corrected chi connectivity index (χ4v) is 9.02. The van der Waals surface area contributed by atoms with E-state index in [2.05, 4.69) is 22.9 Å². The number of ether oxygens (including phenoxy) is 2. The van der Waals surface area contributed by atoms with Crippen LogP contribution in [0.3, 0.4) is 0 Å². The van der Waals surface area contributed by atoms with E-state index in [1.165, 1.54) is 31.7 Å². The Morgan fingerprint density at radius 1 is 1.11 bits per heavy atom. The van der Waals surface area contributed by atoms with Crippen LogP contribution in [0.4, 0.5) is 4.79 Å². The lowest BCUT2D eigenvalue weighted by Gasteiger charge is -2.48. The second-order valence-electron chi connectivity index (χ2n) is 13.9. The maximum absolute atomic E-state index is 14.0. The lowest BCUT2D eigenvalue weighted by atomic mass is 9.78. The van der Waals surface area contributed by atoms with E-state index < -0.39 is 40.4 Å². The monoisotopic (exact) mass is 636 g/mol. The van der Waals surface area contributed by atoms with Crippen LogP contribution in [0.2, 0.25) is 0 Å². The Morgan fingerprint density at radius 2 is 1.80 bits per heavy atom. The molecule has 4 aliphatic rings. The molecule has 1 saturated carbocycles. The summed E-state index contributed by atoms with van der Waals surface area (Å²) >= 11 is 1.49. The van der Waals surface area contributed by atoms with Crippen molar-refractivity contribution in [1.82, 2.24) is 20.9 Å². The molecule has 0 aromatic heterocycles. The predicted molar refractivity (Wildman–Crippen MR) is 167 cm³/mol. The maximum atomic E-state index is 14.0. The number of carbonyl (C=O) groups is 5. The zero-order valence-corrected chi connectivity index (χ0v) is 27.9. The minimum Gasteiger partial charge on any atom is -0.467 e. The Labute approximate surface area is 266 Å². The van der Waals surface area contributed by atoms with Crippen LogP contribution < -0.4 is 16.0 Å². The molecule has 3 N–H and O–H groups in total. The van der Waals surface area contributed by atoms with Crippen LogP contribution in [0, 0.1) is 23.2 Å². The molecule has 4 atom stereocenters. The molecular formula is C32H52N4O7S.